The van der Waals surface area contributed by atoms with Crippen molar-refractivity contribution in [3.8, 4) is 0 Å². The number of urea groups is 1. The van der Waals surface area contributed by atoms with Crippen LogP contribution in [0.4, 0.5) is 4.79 Å². The Labute approximate surface area is 73.3 Å². The lowest BCUT2D eigenvalue weighted by molar-refractivity contribution is 0.249. The minimum absolute atomic E-state index is 0.681. The fraction of sp³-hybridized carbons (Fsp3) is 0.167. The molecule has 1 aromatic heterocycles. The van der Waals surface area contributed by atoms with Crippen molar-refractivity contribution in [3.05, 3.63) is 16.1 Å². The molecule has 12 heavy (non-hydrogen) atoms. The van der Waals surface area contributed by atoms with Crippen LogP contribution in [0.25, 0.3) is 0 Å². The number of hydrogen-bond acceptors (Lipinski definition) is 4. The van der Waals surface area contributed by atoms with Gasteiger partial charge in [0.15, 0.2) is 0 Å². The largest absolute Gasteiger partial charge is 0.350 e. The molecule has 0 radical (unpaired) electrons. The number of nitrogens with two attached hydrogens (primary N) is 1. The van der Waals surface area contributed by atoms with E-state index in [1.165, 1.54) is 17.6 Å². The van der Waals surface area contributed by atoms with Crippen molar-refractivity contribution in [2.75, 3.05) is 0 Å². The van der Waals surface area contributed by atoms with Crippen LogP contribution < -0.4 is 11.2 Å². The van der Waals surface area contributed by atoms with E-state index in [0.29, 0.717) is 0 Å². The minimum atomic E-state index is -0.681. The zero-order valence-electron chi connectivity index (χ0n) is 6.44. The Hall–Kier alpha value is -1.43. The maximum absolute atomic E-state index is 10.2. The second-order valence-corrected chi connectivity index (χ2v) is 3.31. The van der Waals surface area contributed by atoms with E-state index in [9.17, 15) is 4.79 Å². The van der Waals surface area contributed by atoms with E-state index < -0.39 is 6.03 Å². The van der Waals surface area contributed by atoms with Crippen LogP contribution in [0.3, 0.4) is 0 Å². The molecule has 0 aliphatic heterocycles. The Balaban J connectivity index is 2.52. The van der Waals surface area contributed by atoms with Crippen molar-refractivity contribution in [2.24, 2.45) is 10.8 Å². The average molecular weight is 184 g/mol. The summed E-state index contributed by atoms with van der Waals surface area (Å²) in [6.07, 6.45) is 3.18. The minimum Gasteiger partial charge on any atom is -0.350 e. The summed E-state index contributed by atoms with van der Waals surface area (Å²) in [4.78, 5) is 15.3. The van der Waals surface area contributed by atoms with Crippen LogP contribution in [-0.4, -0.2) is 17.2 Å². The average Bonchev–Trinajstić information content (AvgIpc) is 2.35. The molecule has 6 heteroatoms. The van der Waals surface area contributed by atoms with Crippen molar-refractivity contribution >= 4 is 23.6 Å². The maximum Gasteiger partial charge on any atom is 0.332 e. The summed E-state index contributed by atoms with van der Waals surface area (Å²) in [5.41, 5.74) is 6.86. The number of rotatable bonds is 2. The normalized spacial score (nSPS) is 10.4. The Bertz CT molecular complexity index is 306. The first kappa shape index (κ1) is 8.66. The molecule has 1 rings (SSSR count). The van der Waals surface area contributed by atoms with E-state index in [1.807, 2.05) is 6.92 Å². The van der Waals surface area contributed by atoms with Gasteiger partial charge in [0.1, 0.15) is 5.01 Å². The molecule has 0 atom stereocenters. The number of carbonyl (C=O) groups is 1. The van der Waals surface area contributed by atoms with Crippen LogP contribution in [0.15, 0.2) is 11.3 Å². The number of nitrogens with one attached hydrogen (secondary N) is 1. The molecule has 1 aromatic rings. The van der Waals surface area contributed by atoms with Crippen LogP contribution >= 0.6 is 11.3 Å². The number of aryl methyl sites for hydroxylation is 1. The van der Waals surface area contributed by atoms with Crippen molar-refractivity contribution in [3.63, 3.8) is 0 Å². The number of thiazole rings is 1. The molecule has 0 aromatic carbocycles. The number of hydrogen-bond donors (Lipinski definition) is 2. The van der Waals surface area contributed by atoms with E-state index in [1.54, 1.807) is 6.20 Å². The van der Waals surface area contributed by atoms with Crippen molar-refractivity contribution < 1.29 is 4.79 Å². The van der Waals surface area contributed by atoms with Crippen molar-refractivity contribution in [1.29, 1.82) is 0 Å². The van der Waals surface area contributed by atoms with E-state index in [-0.39, 0.29) is 0 Å². The van der Waals surface area contributed by atoms with Gasteiger partial charge in [-0.15, -0.1) is 11.3 Å². The summed E-state index contributed by atoms with van der Waals surface area (Å²) in [6.45, 7) is 1.94. The van der Waals surface area contributed by atoms with Gasteiger partial charge in [-0.25, -0.2) is 15.2 Å². The number of carbonyl (C=O) groups excluding carboxylic acids is 1. The first-order valence-corrected chi connectivity index (χ1v) is 4.01. The molecule has 5 nitrogen and oxygen atoms in total. The molecular weight excluding hydrogens is 176 g/mol. The molecule has 0 unspecified atom stereocenters. The molecular formula is C6H8N4OS. The van der Waals surface area contributed by atoms with Crippen LogP contribution in [0, 0.1) is 6.92 Å². The lowest BCUT2D eigenvalue weighted by Gasteiger charge is -1.87. The summed E-state index contributed by atoms with van der Waals surface area (Å²) in [6, 6.07) is -0.681. The van der Waals surface area contributed by atoms with E-state index in [0.717, 1.165) is 9.88 Å². The lowest BCUT2D eigenvalue weighted by Crippen LogP contribution is -2.24. The molecule has 64 valence electrons. The summed E-state index contributed by atoms with van der Waals surface area (Å²) in [5, 5.41) is 4.29. The van der Waals surface area contributed by atoms with E-state index >= 15 is 0 Å². The Kier molecular flexibility index (Phi) is 2.76. The van der Waals surface area contributed by atoms with Crippen molar-refractivity contribution in [1.82, 2.24) is 10.4 Å². The van der Waals surface area contributed by atoms with Gasteiger partial charge >= 0.3 is 6.03 Å². The zero-order chi connectivity index (χ0) is 8.97. The van der Waals surface area contributed by atoms with Gasteiger partial charge in [0.25, 0.3) is 0 Å². The first-order chi connectivity index (χ1) is 5.68. The molecule has 0 aliphatic rings. The van der Waals surface area contributed by atoms with Crippen molar-refractivity contribution in [2.45, 2.75) is 6.92 Å². The second kappa shape index (κ2) is 3.82. The first-order valence-electron chi connectivity index (χ1n) is 3.19. The third kappa shape index (κ3) is 2.67. The SMILES string of the molecule is Cc1cnc(C=NNC(N)=O)s1. The van der Waals surface area contributed by atoms with Crippen LogP contribution in [-0.2, 0) is 0 Å². The third-order valence-corrected chi connectivity index (χ3v) is 1.84. The fourth-order valence-corrected chi connectivity index (χ4v) is 1.23. The summed E-state index contributed by atoms with van der Waals surface area (Å²) in [7, 11) is 0. The van der Waals surface area contributed by atoms with Gasteiger partial charge in [0, 0.05) is 11.1 Å². The number of nitrogens with zero attached hydrogens (tertiary/aromatic N) is 2. The maximum atomic E-state index is 10.2. The number of aromatic nitrogens is 1. The lowest BCUT2D eigenvalue weighted by atomic mass is 10.6. The highest BCUT2D eigenvalue weighted by molar-refractivity contribution is 7.13. The van der Waals surface area contributed by atoms with E-state index in [2.05, 4.69) is 15.5 Å². The van der Waals surface area contributed by atoms with Gasteiger partial charge in [-0.1, -0.05) is 0 Å². The smallest absolute Gasteiger partial charge is 0.332 e. The Morgan fingerprint density at radius 1 is 1.92 bits per heavy atom. The highest BCUT2D eigenvalue weighted by Gasteiger charge is 1.93. The van der Waals surface area contributed by atoms with Crippen LogP contribution in [0.5, 0.6) is 0 Å². The Morgan fingerprint density at radius 3 is 3.17 bits per heavy atom. The molecule has 2 amide bonds. The topological polar surface area (TPSA) is 80.4 Å². The van der Waals surface area contributed by atoms with Gasteiger partial charge in [0.2, 0.25) is 0 Å². The van der Waals surface area contributed by atoms with Crippen LogP contribution in [0.2, 0.25) is 0 Å². The predicted octanol–water partition coefficient (Wildman–Crippen LogP) is 0.454. The molecule has 0 fully saturated rings. The molecule has 0 bridgehead atoms. The molecule has 1 heterocycles. The highest BCUT2D eigenvalue weighted by Crippen LogP contribution is 2.07. The number of primary amides is 1. The molecule has 0 spiro atoms. The highest BCUT2D eigenvalue weighted by atomic mass is 32.1. The fourth-order valence-electron chi connectivity index (χ4n) is 0.583. The molecule has 3 N–H and O–H groups in total. The van der Waals surface area contributed by atoms with Gasteiger partial charge in [-0.3, -0.25) is 0 Å². The van der Waals surface area contributed by atoms with Gasteiger partial charge < -0.3 is 5.73 Å². The van der Waals surface area contributed by atoms with E-state index in [4.69, 9.17) is 5.73 Å². The van der Waals surface area contributed by atoms with Gasteiger partial charge in [-0.05, 0) is 6.92 Å². The Morgan fingerprint density at radius 2 is 2.67 bits per heavy atom. The number of amides is 2. The molecule has 0 saturated heterocycles. The molecule has 0 aliphatic carbocycles. The van der Waals surface area contributed by atoms with Gasteiger partial charge in [0.05, 0.1) is 6.21 Å². The molecule has 0 saturated carbocycles. The third-order valence-electron chi connectivity index (χ3n) is 0.989. The predicted molar refractivity (Wildman–Crippen MR) is 47.2 cm³/mol. The quantitative estimate of drug-likeness (QED) is 0.517. The monoisotopic (exact) mass is 184 g/mol. The zero-order valence-corrected chi connectivity index (χ0v) is 7.26. The standard InChI is InChI=1S/C6H8N4OS/c1-4-2-8-5(12-4)3-9-10-6(7)11/h2-3H,1H3,(H3,7,10,11). The number of hydrazone groups is 1. The second-order valence-electron chi connectivity index (χ2n) is 2.04. The van der Waals surface area contributed by atoms with Crippen LogP contribution in [0.1, 0.15) is 9.88 Å². The van der Waals surface area contributed by atoms with Gasteiger partial charge in [-0.2, -0.15) is 5.10 Å². The summed E-state index contributed by atoms with van der Waals surface area (Å²) >= 11 is 1.49. The summed E-state index contributed by atoms with van der Waals surface area (Å²) in [5.74, 6) is 0. The summed E-state index contributed by atoms with van der Waals surface area (Å²) < 4.78 is 0.